The SMILES string of the molecule is NNC(=O)C1CN(C(=O)O)C1. The molecule has 0 aliphatic carbocycles. The van der Waals surface area contributed by atoms with Crippen molar-refractivity contribution in [2.45, 2.75) is 0 Å². The highest BCUT2D eigenvalue weighted by molar-refractivity contribution is 5.81. The predicted molar refractivity (Wildman–Crippen MR) is 35.4 cm³/mol. The number of carbonyl (C=O) groups is 2. The second-order valence-electron chi connectivity index (χ2n) is 2.39. The Morgan fingerprint density at radius 1 is 1.55 bits per heavy atom. The Hall–Kier alpha value is -1.30. The van der Waals surface area contributed by atoms with Crippen molar-refractivity contribution in [2.75, 3.05) is 13.1 Å². The number of hydrazine groups is 1. The van der Waals surface area contributed by atoms with Gasteiger partial charge in [0.15, 0.2) is 0 Å². The maximum Gasteiger partial charge on any atom is 0.407 e. The van der Waals surface area contributed by atoms with Crippen molar-refractivity contribution < 1.29 is 14.7 Å². The van der Waals surface area contributed by atoms with Gasteiger partial charge in [-0.2, -0.15) is 0 Å². The van der Waals surface area contributed by atoms with E-state index < -0.39 is 6.09 Å². The van der Waals surface area contributed by atoms with Gasteiger partial charge < -0.3 is 10.0 Å². The van der Waals surface area contributed by atoms with E-state index in [1.54, 1.807) is 0 Å². The standard InChI is InChI=1S/C5H9N3O3/c6-7-4(9)3-1-8(2-3)5(10)11/h3H,1-2,6H2,(H,7,9)(H,10,11). The number of carboxylic acid groups (broad SMARTS) is 1. The average Bonchev–Trinajstić information content (AvgIpc) is 1.83. The van der Waals surface area contributed by atoms with Crippen LogP contribution < -0.4 is 11.3 Å². The summed E-state index contributed by atoms with van der Waals surface area (Å²) in [6.45, 7) is 0.497. The lowest BCUT2D eigenvalue weighted by Gasteiger charge is -2.35. The van der Waals surface area contributed by atoms with Crippen molar-refractivity contribution in [1.29, 1.82) is 0 Å². The minimum Gasteiger partial charge on any atom is -0.465 e. The highest BCUT2D eigenvalue weighted by Crippen LogP contribution is 2.14. The van der Waals surface area contributed by atoms with E-state index in [0.29, 0.717) is 0 Å². The van der Waals surface area contributed by atoms with Gasteiger partial charge in [0.1, 0.15) is 0 Å². The highest BCUT2D eigenvalue weighted by atomic mass is 16.4. The van der Waals surface area contributed by atoms with E-state index in [4.69, 9.17) is 10.9 Å². The van der Waals surface area contributed by atoms with Gasteiger partial charge in [-0.25, -0.2) is 10.6 Å². The van der Waals surface area contributed by atoms with Crippen molar-refractivity contribution in [3.8, 4) is 0 Å². The van der Waals surface area contributed by atoms with Gasteiger partial charge in [0.25, 0.3) is 0 Å². The lowest BCUT2D eigenvalue weighted by molar-refractivity contribution is -0.129. The summed E-state index contributed by atoms with van der Waals surface area (Å²) in [6, 6.07) is 0. The molecule has 0 saturated carbocycles. The first-order valence-electron chi connectivity index (χ1n) is 3.13. The summed E-state index contributed by atoms with van der Waals surface area (Å²) < 4.78 is 0. The quantitative estimate of drug-likeness (QED) is 0.249. The molecule has 1 fully saturated rings. The molecule has 6 nitrogen and oxygen atoms in total. The number of carbonyl (C=O) groups excluding carboxylic acids is 1. The average molecular weight is 159 g/mol. The van der Waals surface area contributed by atoms with Crippen molar-refractivity contribution in [3.63, 3.8) is 0 Å². The number of rotatable bonds is 1. The summed E-state index contributed by atoms with van der Waals surface area (Å²) in [5.74, 6) is 4.27. The van der Waals surface area contributed by atoms with E-state index >= 15 is 0 Å². The summed E-state index contributed by atoms with van der Waals surface area (Å²) >= 11 is 0. The van der Waals surface area contributed by atoms with Crippen LogP contribution in [-0.4, -0.2) is 35.1 Å². The van der Waals surface area contributed by atoms with Crippen LogP contribution in [0.2, 0.25) is 0 Å². The number of hydrogen-bond donors (Lipinski definition) is 3. The number of amides is 2. The van der Waals surface area contributed by atoms with E-state index in [1.165, 1.54) is 0 Å². The fraction of sp³-hybridized carbons (Fsp3) is 0.600. The van der Waals surface area contributed by atoms with Crippen LogP contribution in [0.5, 0.6) is 0 Å². The van der Waals surface area contributed by atoms with Gasteiger partial charge >= 0.3 is 6.09 Å². The lowest BCUT2D eigenvalue weighted by Crippen LogP contribution is -2.56. The molecule has 0 spiro atoms. The molecule has 0 unspecified atom stereocenters. The highest BCUT2D eigenvalue weighted by Gasteiger charge is 2.35. The van der Waals surface area contributed by atoms with Crippen LogP contribution in [0, 0.1) is 5.92 Å². The minimum atomic E-state index is -0.994. The molecule has 1 saturated heterocycles. The molecule has 0 aromatic carbocycles. The monoisotopic (exact) mass is 159 g/mol. The van der Waals surface area contributed by atoms with E-state index in [1.807, 2.05) is 5.43 Å². The second kappa shape index (κ2) is 2.75. The zero-order chi connectivity index (χ0) is 8.43. The minimum absolute atomic E-state index is 0.248. The number of nitrogens with one attached hydrogen (secondary N) is 1. The maximum absolute atomic E-state index is 10.7. The van der Waals surface area contributed by atoms with Crippen LogP contribution in [0.25, 0.3) is 0 Å². The topological polar surface area (TPSA) is 95.7 Å². The maximum atomic E-state index is 10.7. The third kappa shape index (κ3) is 1.40. The van der Waals surface area contributed by atoms with E-state index in [2.05, 4.69) is 0 Å². The number of nitrogens with two attached hydrogens (primary N) is 1. The van der Waals surface area contributed by atoms with Crippen LogP contribution in [0.3, 0.4) is 0 Å². The summed E-state index contributed by atoms with van der Waals surface area (Å²) in [7, 11) is 0. The summed E-state index contributed by atoms with van der Waals surface area (Å²) in [5, 5.41) is 8.37. The van der Waals surface area contributed by atoms with Gasteiger partial charge in [-0.15, -0.1) is 0 Å². The number of hydrogen-bond acceptors (Lipinski definition) is 3. The first-order chi connectivity index (χ1) is 5.15. The molecule has 62 valence electrons. The Labute approximate surface area is 62.9 Å². The van der Waals surface area contributed by atoms with E-state index in [9.17, 15) is 9.59 Å². The first kappa shape index (κ1) is 7.80. The summed E-state index contributed by atoms with van der Waals surface area (Å²) in [5.41, 5.74) is 1.97. The molecule has 11 heavy (non-hydrogen) atoms. The molecule has 1 aliphatic heterocycles. The second-order valence-corrected chi connectivity index (χ2v) is 2.39. The van der Waals surface area contributed by atoms with E-state index in [0.717, 1.165) is 4.90 Å². The van der Waals surface area contributed by atoms with Crippen LogP contribution >= 0.6 is 0 Å². The number of likely N-dealkylation sites (tertiary alicyclic amines) is 1. The van der Waals surface area contributed by atoms with Crippen LogP contribution in [0.4, 0.5) is 4.79 Å². The van der Waals surface area contributed by atoms with Gasteiger partial charge in [0, 0.05) is 13.1 Å². The predicted octanol–water partition coefficient (Wildman–Crippen LogP) is -1.41. The molecule has 1 heterocycles. The van der Waals surface area contributed by atoms with Crippen LogP contribution in [-0.2, 0) is 4.79 Å². The molecule has 1 aliphatic rings. The molecule has 0 radical (unpaired) electrons. The van der Waals surface area contributed by atoms with Crippen molar-refractivity contribution in [1.82, 2.24) is 10.3 Å². The molecule has 1 rings (SSSR count). The molecule has 0 atom stereocenters. The first-order valence-corrected chi connectivity index (χ1v) is 3.13. The van der Waals surface area contributed by atoms with Crippen LogP contribution in [0.1, 0.15) is 0 Å². The largest absolute Gasteiger partial charge is 0.465 e. The molecule has 0 aromatic heterocycles. The summed E-state index contributed by atoms with van der Waals surface area (Å²) in [4.78, 5) is 22.1. The Balaban J connectivity index is 2.29. The van der Waals surface area contributed by atoms with Gasteiger partial charge in [0.05, 0.1) is 5.92 Å². The lowest BCUT2D eigenvalue weighted by atomic mass is 10.0. The third-order valence-electron chi connectivity index (χ3n) is 1.67. The zero-order valence-electron chi connectivity index (χ0n) is 5.78. The Kier molecular flexibility index (Phi) is 1.95. The third-order valence-corrected chi connectivity index (χ3v) is 1.67. The normalized spacial score (nSPS) is 17.4. The molecule has 0 bridgehead atoms. The molecule has 6 heteroatoms. The smallest absolute Gasteiger partial charge is 0.407 e. The van der Waals surface area contributed by atoms with E-state index in [-0.39, 0.29) is 24.9 Å². The zero-order valence-corrected chi connectivity index (χ0v) is 5.78. The van der Waals surface area contributed by atoms with Crippen molar-refractivity contribution >= 4 is 12.0 Å². The van der Waals surface area contributed by atoms with Gasteiger partial charge in [-0.3, -0.25) is 10.2 Å². The molecular weight excluding hydrogens is 150 g/mol. The molecule has 4 N–H and O–H groups in total. The Bertz CT molecular complexity index is 187. The molecular formula is C5H9N3O3. The van der Waals surface area contributed by atoms with Gasteiger partial charge in [0.2, 0.25) is 5.91 Å². The van der Waals surface area contributed by atoms with Gasteiger partial charge in [-0.1, -0.05) is 0 Å². The number of nitrogens with zero attached hydrogens (tertiary/aromatic N) is 1. The Morgan fingerprint density at radius 2 is 2.09 bits per heavy atom. The fourth-order valence-corrected chi connectivity index (χ4v) is 0.918. The fourth-order valence-electron chi connectivity index (χ4n) is 0.918. The van der Waals surface area contributed by atoms with Crippen LogP contribution in [0.15, 0.2) is 0 Å². The molecule has 0 aromatic rings. The van der Waals surface area contributed by atoms with Gasteiger partial charge in [-0.05, 0) is 0 Å². The molecule has 2 amide bonds. The Morgan fingerprint density at radius 3 is 2.45 bits per heavy atom. The summed E-state index contributed by atoms with van der Waals surface area (Å²) in [6.07, 6.45) is -0.994. The van der Waals surface area contributed by atoms with Crippen molar-refractivity contribution in [3.05, 3.63) is 0 Å². The van der Waals surface area contributed by atoms with Crippen molar-refractivity contribution in [2.24, 2.45) is 11.8 Å².